The predicted octanol–water partition coefficient (Wildman–Crippen LogP) is 24.7. The average Bonchev–Trinajstić information content (AvgIpc) is 0.937. The van der Waals surface area contributed by atoms with E-state index in [1.165, 1.54) is 250 Å². The van der Waals surface area contributed by atoms with Crippen molar-refractivity contribution in [1.82, 2.24) is 0 Å². The highest BCUT2D eigenvalue weighted by Crippen LogP contribution is 2.45. The number of unbranched alkanes of at least 4 members (excludes halogenated alkanes) is 50. The van der Waals surface area contributed by atoms with E-state index in [2.05, 4.69) is 41.5 Å². The standard InChI is InChI=1S/C82H160O17P2/c1-7-10-12-14-16-18-20-21-22-23-27-30-33-36-40-47-53-59-65-80(85)93-70-77(98-81(86)66-60-54-48-41-37-34-31-28-25-24-26-29-32-35-38-45-51-57-63-75(6)9-3)72-96-100(88,89)94-68-76(83)69-95-101(90,91)97-73-78(71-92-79(84)64-58-52-46-39-19-17-15-13-11-8-2)99-82(87)67-61-55-49-43-42-44-50-56-62-74(4)5/h74-78,83H,7-73H2,1-6H3,(H,88,89)(H,90,91)/t75?,76-,77-,78-/m1/s1. The van der Waals surface area contributed by atoms with Gasteiger partial charge >= 0.3 is 39.5 Å². The number of aliphatic hydroxyl groups excluding tert-OH is 1. The van der Waals surface area contributed by atoms with E-state index in [9.17, 15) is 43.2 Å². The summed E-state index contributed by atoms with van der Waals surface area (Å²) < 4.78 is 68.7. The third-order valence-electron chi connectivity index (χ3n) is 19.6. The van der Waals surface area contributed by atoms with Crippen LogP contribution in [0, 0.1) is 11.8 Å². The minimum absolute atomic E-state index is 0.105. The van der Waals surface area contributed by atoms with Gasteiger partial charge in [0, 0.05) is 25.7 Å². The van der Waals surface area contributed by atoms with E-state index in [1.807, 2.05) is 0 Å². The van der Waals surface area contributed by atoms with E-state index in [4.69, 9.17) is 37.0 Å². The Bertz CT molecular complexity index is 1940. The Morgan fingerprint density at radius 1 is 0.287 bits per heavy atom. The third-order valence-corrected chi connectivity index (χ3v) is 21.5. The first-order chi connectivity index (χ1) is 48.9. The first-order valence-corrected chi connectivity index (χ1v) is 45.5. The predicted molar refractivity (Wildman–Crippen MR) is 414 cm³/mol. The van der Waals surface area contributed by atoms with Gasteiger partial charge in [-0.05, 0) is 37.5 Å². The second kappa shape index (κ2) is 73.6. The molecular weight excluding hydrogens is 1320 g/mol. The highest BCUT2D eigenvalue weighted by Gasteiger charge is 2.30. The molecule has 0 bridgehead atoms. The van der Waals surface area contributed by atoms with Crippen molar-refractivity contribution in [3.63, 3.8) is 0 Å². The molecule has 0 fully saturated rings. The normalized spacial score (nSPS) is 14.2. The molecule has 3 unspecified atom stereocenters. The van der Waals surface area contributed by atoms with E-state index in [-0.39, 0.29) is 25.7 Å². The number of phosphoric ester groups is 2. The summed E-state index contributed by atoms with van der Waals surface area (Å²) in [4.78, 5) is 73.0. The number of esters is 4. The minimum atomic E-state index is -4.96. The van der Waals surface area contributed by atoms with Gasteiger partial charge in [0.05, 0.1) is 26.4 Å². The summed E-state index contributed by atoms with van der Waals surface area (Å²) in [6.45, 7) is 9.65. The molecule has 0 spiro atoms. The number of carbonyl (C=O) groups is 4. The molecular formula is C82H160O17P2. The van der Waals surface area contributed by atoms with Crippen LogP contribution in [0.5, 0.6) is 0 Å². The third kappa shape index (κ3) is 74.7. The molecule has 0 rings (SSSR count). The quantitative estimate of drug-likeness (QED) is 0.0222. The van der Waals surface area contributed by atoms with Gasteiger partial charge in [-0.2, -0.15) is 0 Å². The fraction of sp³-hybridized carbons (Fsp3) is 0.951. The van der Waals surface area contributed by atoms with Crippen molar-refractivity contribution >= 4 is 39.5 Å². The largest absolute Gasteiger partial charge is 0.472 e. The maximum atomic E-state index is 13.1. The van der Waals surface area contributed by atoms with E-state index >= 15 is 0 Å². The number of rotatable bonds is 81. The number of aliphatic hydroxyl groups is 1. The fourth-order valence-electron chi connectivity index (χ4n) is 12.7. The lowest BCUT2D eigenvalue weighted by Gasteiger charge is -2.21. The van der Waals surface area contributed by atoms with Gasteiger partial charge in [0.1, 0.15) is 19.3 Å². The van der Waals surface area contributed by atoms with Gasteiger partial charge < -0.3 is 33.8 Å². The van der Waals surface area contributed by atoms with Gasteiger partial charge in [0.2, 0.25) is 0 Å². The van der Waals surface area contributed by atoms with Crippen molar-refractivity contribution < 1.29 is 80.2 Å². The monoisotopic (exact) mass is 1480 g/mol. The molecule has 0 amide bonds. The molecule has 600 valence electrons. The van der Waals surface area contributed by atoms with Crippen LogP contribution in [0.15, 0.2) is 0 Å². The fourth-order valence-corrected chi connectivity index (χ4v) is 14.3. The van der Waals surface area contributed by atoms with Crippen LogP contribution in [-0.2, 0) is 65.4 Å². The first kappa shape index (κ1) is 99.1. The Balaban J connectivity index is 5.19. The van der Waals surface area contributed by atoms with Crippen LogP contribution in [0.1, 0.15) is 433 Å². The Morgan fingerprint density at radius 2 is 0.505 bits per heavy atom. The van der Waals surface area contributed by atoms with Crippen molar-refractivity contribution in [2.45, 2.75) is 452 Å². The highest BCUT2D eigenvalue weighted by molar-refractivity contribution is 7.47. The SMILES string of the molecule is CCCCCCCCCCCCCCCCCCCCC(=O)OC[C@H](COP(=O)(O)OC[C@@H](O)COP(=O)(O)OC[C@@H](COC(=O)CCCCCCCCCCCC)OC(=O)CCCCCCCCCCC(C)C)OC(=O)CCCCCCCCCCCCCCCCCCCCC(C)CC. The van der Waals surface area contributed by atoms with Gasteiger partial charge in [-0.25, -0.2) is 9.13 Å². The summed E-state index contributed by atoms with van der Waals surface area (Å²) in [6, 6.07) is 0. The Morgan fingerprint density at radius 3 is 0.752 bits per heavy atom. The van der Waals surface area contributed by atoms with E-state index < -0.39 is 97.5 Å². The zero-order valence-corrected chi connectivity index (χ0v) is 68.0. The number of ether oxygens (including phenoxy) is 4. The highest BCUT2D eigenvalue weighted by atomic mass is 31.2. The van der Waals surface area contributed by atoms with Gasteiger partial charge in [-0.1, -0.05) is 382 Å². The molecule has 0 aliphatic rings. The molecule has 0 aromatic rings. The van der Waals surface area contributed by atoms with Crippen molar-refractivity contribution in [1.29, 1.82) is 0 Å². The topological polar surface area (TPSA) is 237 Å². The lowest BCUT2D eigenvalue weighted by molar-refractivity contribution is -0.161. The summed E-state index contributed by atoms with van der Waals surface area (Å²) in [5, 5.41) is 10.6. The van der Waals surface area contributed by atoms with Crippen LogP contribution in [0.4, 0.5) is 0 Å². The molecule has 0 saturated heterocycles. The lowest BCUT2D eigenvalue weighted by Crippen LogP contribution is -2.30. The van der Waals surface area contributed by atoms with Crippen molar-refractivity contribution in [2.24, 2.45) is 11.8 Å². The Hall–Kier alpha value is -1.94. The second-order valence-electron chi connectivity index (χ2n) is 30.2. The molecule has 6 atom stereocenters. The summed E-state index contributed by atoms with van der Waals surface area (Å²) in [7, 11) is -9.92. The van der Waals surface area contributed by atoms with E-state index in [0.717, 1.165) is 102 Å². The molecule has 19 heteroatoms. The maximum absolute atomic E-state index is 13.1. The van der Waals surface area contributed by atoms with Crippen LogP contribution >= 0.6 is 15.6 Å². The zero-order chi connectivity index (χ0) is 74.2. The molecule has 3 N–H and O–H groups in total. The van der Waals surface area contributed by atoms with Gasteiger partial charge in [-0.3, -0.25) is 37.3 Å². The first-order valence-electron chi connectivity index (χ1n) is 42.5. The molecule has 0 aliphatic heterocycles. The molecule has 0 aliphatic carbocycles. The molecule has 0 aromatic heterocycles. The number of hydrogen-bond donors (Lipinski definition) is 3. The van der Waals surface area contributed by atoms with Crippen molar-refractivity contribution in [2.75, 3.05) is 39.6 Å². The molecule has 101 heavy (non-hydrogen) atoms. The summed E-state index contributed by atoms with van der Waals surface area (Å²) in [5.74, 6) is -0.521. The van der Waals surface area contributed by atoms with Crippen LogP contribution in [0.25, 0.3) is 0 Å². The zero-order valence-electron chi connectivity index (χ0n) is 66.2. The van der Waals surface area contributed by atoms with Gasteiger partial charge in [0.25, 0.3) is 0 Å². The summed E-state index contributed by atoms with van der Waals surface area (Å²) in [6.07, 6.45) is 63.9. The Labute approximate surface area is 619 Å². The maximum Gasteiger partial charge on any atom is 0.472 e. The van der Waals surface area contributed by atoms with Crippen molar-refractivity contribution in [3.05, 3.63) is 0 Å². The van der Waals surface area contributed by atoms with Gasteiger partial charge in [0.15, 0.2) is 12.2 Å². The average molecular weight is 1480 g/mol. The van der Waals surface area contributed by atoms with Crippen LogP contribution < -0.4 is 0 Å². The van der Waals surface area contributed by atoms with Gasteiger partial charge in [-0.15, -0.1) is 0 Å². The van der Waals surface area contributed by atoms with E-state index in [0.29, 0.717) is 25.7 Å². The molecule has 0 saturated carbocycles. The smallest absolute Gasteiger partial charge is 0.462 e. The van der Waals surface area contributed by atoms with E-state index in [1.54, 1.807) is 0 Å². The number of hydrogen-bond acceptors (Lipinski definition) is 15. The molecule has 0 aromatic carbocycles. The lowest BCUT2D eigenvalue weighted by atomic mass is 9.99. The Kier molecular flexibility index (Phi) is 72.2. The van der Waals surface area contributed by atoms with Crippen LogP contribution in [-0.4, -0.2) is 96.7 Å². The molecule has 0 radical (unpaired) electrons. The minimum Gasteiger partial charge on any atom is -0.462 e. The summed E-state index contributed by atoms with van der Waals surface area (Å²) in [5.41, 5.74) is 0. The van der Waals surface area contributed by atoms with Crippen LogP contribution in [0.2, 0.25) is 0 Å². The molecule has 0 heterocycles. The van der Waals surface area contributed by atoms with Crippen LogP contribution in [0.3, 0.4) is 0 Å². The number of phosphoric acid groups is 2. The second-order valence-corrected chi connectivity index (χ2v) is 33.1. The summed E-state index contributed by atoms with van der Waals surface area (Å²) >= 11 is 0. The number of carbonyl (C=O) groups excluding carboxylic acids is 4. The van der Waals surface area contributed by atoms with Crippen molar-refractivity contribution in [3.8, 4) is 0 Å². The molecule has 17 nitrogen and oxygen atoms in total.